The fraction of sp³-hybridized carbons (Fsp3) is 0.600. The number of halogens is 1. The topological polar surface area (TPSA) is 46.6 Å². The number of hydrogen-bond donors (Lipinski definition) is 0. The van der Waals surface area contributed by atoms with Crippen molar-refractivity contribution in [1.82, 2.24) is 4.90 Å². The molecule has 1 aromatic rings. The maximum atomic E-state index is 13.9. The standard InChI is InChI=1S/C20H28FNO3/c1-19(2,3)25-18(24)22-11-9-20(4,10-12-22)16(14-23)13-15-7-5-6-8-17(15)21/h5-8,14,16H,9-13H2,1-4H3. The zero-order valence-electron chi connectivity index (χ0n) is 15.5. The van der Waals surface area contributed by atoms with Crippen molar-refractivity contribution in [2.45, 2.75) is 52.6 Å². The van der Waals surface area contributed by atoms with Crippen molar-refractivity contribution in [3.63, 3.8) is 0 Å². The summed E-state index contributed by atoms with van der Waals surface area (Å²) < 4.78 is 19.3. The van der Waals surface area contributed by atoms with Gasteiger partial charge in [0, 0.05) is 19.0 Å². The third-order valence-electron chi connectivity index (χ3n) is 5.01. The number of piperidine rings is 1. The zero-order valence-corrected chi connectivity index (χ0v) is 15.5. The first-order valence-electron chi connectivity index (χ1n) is 8.81. The summed E-state index contributed by atoms with van der Waals surface area (Å²) in [6.07, 6.45) is 2.41. The molecule has 138 valence electrons. The van der Waals surface area contributed by atoms with Crippen molar-refractivity contribution in [2.75, 3.05) is 13.1 Å². The molecule has 1 heterocycles. The highest BCUT2D eigenvalue weighted by Gasteiger charge is 2.39. The molecule has 0 aromatic heterocycles. The molecule has 4 nitrogen and oxygen atoms in total. The molecule has 0 aliphatic carbocycles. The van der Waals surface area contributed by atoms with Crippen molar-refractivity contribution in [3.05, 3.63) is 35.6 Å². The molecular formula is C20H28FNO3. The number of likely N-dealkylation sites (tertiary alicyclic amines) is 1. The van der Waals surface area contributed by atoms with Crippen LogP contribution < -0.4 is 0 Å². The average Bonchev–Trinajstić information content (AvgIpc) is 2.53. The molecule has 1 aliphatic rings. The quantitative estimate of drug-likeness (QED) is 0.765. The van der Waals surface area contributed by atoms with Crippen LogP contribution in [-0.2, 0) is 16.0 Å². The Morgan fingerprint density at radius 1 is 1.32 bits per heavy atom. The van der Waals surface area contributed by atoms with E-state index < -0.39 is 5.60 Å². The molecule has 1 atom stereocenters. The van der Waals surface area contributed by atoms with Gasteiger partial charge in [-0.1, -0.05) is 25.1 Å². The minimum absolute atomic E-state index is 0.247. The Labute approximate surface area is 149 Å². The molecule has 1 fully saturated rings. The van der Waals surface area contributed by atoms with Crippen LogP contribution >= 0.6 is 0 Å². The summed E-state index contributed by atoms with van der Waals surface area (Å²) in [5.74, 6) is -0.547. The Balaban J connectivity index is 2.01. The Morgan fingerprint density at radius 3 is 2.44 bits per heavy atom. The second kappa shape index (κ2) is 7.54. The lowest BCUT2D eigenvalue weighted by Crippen LogP contribution is -2.47. The minimum Gasteiger partial charge on any atom is -0.444 e. The predicted molar refractivity (Wildman–Crippen MR) is 94.8 cm³/mol. The average molecular weight is 349 g/mol. The maximum Gasteiger partial charge on any atom is 0.410 e. The molecular weight excluding hydrogens is 321 g/mol. The van der Waals surface area contributed by atoms with Crippen molar-refractivity contribution in [2.24, 2.45) is 11.3 Å². The molecule has 0 radical (unpaired) electrons. The Hall–Kier alpha value is -1.91. The molecule has 1 aromatic carbocycles. The summed E-state index contributed by atoms with van der Waals surface area (Å²) in [5.41, 5.74) is -0.202. The number of rotatable bonds is 4. The zero-order chi connectivity index (χ0) is 18.7. The van der Waals surface area contributed by atoms with Crippen LogP contribution in [0.15, 0.2) is 24.3 Å². The maximum absolute atomic E-state index is 13.9. The Kier molecular flexibility index (Phi) is 5.86. The van der Waals surface area contributed by atoms with Crippen molar-refractivity contribution in [1.29, 1.82) is 0 Å². The van der Waals surface area contributed by atoms with Gasteiger partial charge in [-0.2, -0.15) is 0 Å². The largest absolute Gasteiger partial charge is 0.444 e. The Bertz CT molecular complexity index is 616. The van der Waals surface area contributed by atoms with Crippen LogP contribution in [0, 0.1) is 17.2 Å². The van der Waals surface area contributed by atoms with Gasteiger partial charge >= 0.3 is 6.09 Å². The van der Waals surface area contributed by atoms with Gasteiger partial charge in [0.25, 0.3) is 0 Å². The summed E-state index contributed by atoms with van der Waals surface area (Å²) in [4.78, 5) is 25.6. The van der Waals surface area contributed by atoms with E-state index in [1.807, 2.05) is 20.8 Å². The van der Waals surface area contributed by atoms with Crippen molar-refractivity contribution >= 4 is 12.4 Å². The van der Waals surface area contributed by atoms with Gasteiger partial charge in [-0.3, -0.25) is 0 Å². The van der Waals surface area contributed by atoms with Gasteiger partial charge in [0.15, 0.2) is 0 Å². The summed E-state index contributed by atoms with van der Waals surface area (Å²) >= 11 is 0. The van der Waals surface area contributed by atoms with Gasteiger partial charge in [-0.25, -0.2) is 9.18 Å². The highest BCUT2D eigenvalue weighted by atomic mass is 19.1. The lowest BCUT2D eigenvalue weighted by molar-refractivity contribution is -0.115. The van der Waals surface area contributed by atoms with Crippen molar-refractivity contribution in [3.8, 4) is 0 Å². The second-order valence-electron chi connectivity index (χ2n) is 8.16. The molecule has 0 saturated carbocycles. The van der Waals surface area contributed by atoms with Gasteiger partial charge in [-0.05, 0) is 57.1 Å². The van der Waals surface area contributed by atoms with E-state index in [9.17, 15) is 14.0 Å². The van der Waals surface area contributed by atoms with E-state index in [2.05, 4.69) is 6.92 Å². The second-order valence-corrected chi connectivity index (χ2v) is 8.16. The number of nitrogens with zero attached hydrogens (tertiary/aromatic N) is 1. The van der Waals surface area contributed by atoms with E-state index in [0.717, 1.165) is 6.29 Å². The van der Waals surface area contributed by atoms with Crippen LogP contribution in [0.5, 0.6) is 0 Å². The molecule has 5 heteroatoms. The molecule has 1 amide bonds. The predicted octanol–water partition coefficient (Wildman–Crippen LogP) is 4.22. The van der Waals surface area contributed by atoms with E-state index >= 15 is 0 Å². The van der Waals surface area contributed by atoms with Gasteiger partial charge in [0.1, 0.15) is 17.7 Å². The van der Waals surface area contributed by atoms with E-state index in [-0.39, 0.29) is 23.2 Å². The molecule has 1 saturated heterocycles. The first kappa shape index (κ1) is 19.4. The summed E-state index contributed by atoms with van der Waals surface area (Å²) in [5, 5.41) is 0. The van der Waals surface area contributed by atoms with Crippen molar-refractivity contribution < 1.29 is 18.7 Å². The number of aldehydes is 1. The minimum atomic E-state index is -0.520. The van der Waals surface area contributed by atoms with Gasteiger partial charge in [0.2, 0.25) is 0 Å². The van der Waals surface area contributed by atoms with E-state index in [1.54, 1.807) is 23.1 Å². The smallest absolute Gasteiger partial charge is 0.410 e. The number of carbonyl (C=O) groups excluding carboxylic acids is 2. The Morgan fingerprint density at radius 2 is 1.92 bits per heavy atom. The highest BCUT2D eigenvalue weighted by molar-refractivity contribution is 5.68. The highest BCUT2D eigenvalue weighted by Crippen LogP contribution is 2.39. The third kappa shape index (κ3) is 5.03. The lowest BCUT2D eigenvalue weighted by Gasteiger charge is -2.42. The first-order chi connectivity index (χ1) is 11.6. The summed E-state index contributed by atoms with van der Waals surface area (Å²) in [7, 11) is 0. The van der Waals surface area contributed by atoms with Crippen LogP contribution in [-0.4, -0.2) is 36.0 Å². The van der Waals surface area contributed by atoms with E-state index in [4.69, 9.17) is 4.74 Å². The molecule has 1 aliphatic heterocycles. The SMILES string of the molecule is CC(C)(C)OC(=O)N1CCC(C)(C(C=O)Cc2ccccc2F)CC1. The number of ether oxygens (including phenoxy) is 1. The van der Waals surface area contributed by atoms with E-state index in [0.29, 0.717) is 37.9 Å². The van der Waals surface area contributed by atoms with Crippen LogP contribution in [0.3, 0.4) is 0 Å². The first-order valence-corrected chi connectivity index (χ1v) is 8.81. The van der Waals surface area contributed by atoms with Crippen LogP contribution in [0.25, 0.3) is 0 Å². The number of benzene rings is 1. The molecule has 25 heavy (non-hydrogen) atoms. The van der Waals surface area contributed by atoms with Crippen LogP contribution in [0.1, 0.15) is 46.1 Å². The number of carbonyl (C=O) groups is 2. The third-order valence-corrected chi connectivity index (χ3v) is 5.01. The normalized spacial score (nSPS) is 18.5. The molecule has 0 spiro atoms. The molecule has 2 rings (SSSR count). The molecule has 0 bridgehead atoms. The van der Waals surface area contributed by atoms with E-state index in [1.165, 1.54) is 6.07 Å². The summed E-state index contributed by atoms with van der Waals surface area (Å²) in [6.45, 7) is 8.68. The number of amides is 1. The fourth-order valence-electron chi connectivity index (χ4n) is 3.26. The molecule has 0 N–H and O–H groups in total. The number of hydrogen-bond acceptors (Lipinski definition) is 3. The van der Waals surface area contributed by atoms with Gasteiger partial charge < -0.3 is 14.4 Å². The van der Waals surface area contributed by atoms with Gasteiger partial charge in [0.05, 0.1) is 0 Å². The van der Waals surface area contributed by atoms with Crippen LogP contribution in [0.4, 0.5) is 9.18 Å². The lowest BCUT2D eigenvalue weighted by atomic mass is 9.68. The summed E-state index contributed by atoms with van der Waals surface area (Å²) in [6, 6.07) is 6.58. The fourth-order valence-corrected chi connectivity index (χ4v) is 3.26. The molecule has 1 unspecified atom stereocenters. The monoisotopic (exact) mass is 349 g/mol. The van der Waals surface area contributed by atoms with Gasteiger partial charge in [-0.15, -0.1) is 0 Å². The van der Waals surface area contributed by atoms with Crippen LogP contribution in [0.2, 0.25) is 0 Å².